The van der Waals surface area contributed by atoms with Gasteiger partial charge in [0.25, 0.3) is 0 Å². The fraction of sp³-hybridized carbons (Fsp3) is 0.267. The van der Waals surface area contributed by atoms with Crippen LogP contribution in [0.1, 0.15) is 17.2 Å². The summed E-state index contributed by atoms with van der Waals surface area (Å²) in [7, 11) is 0. The molecule has 2 aromatic heterocycles. The maximum absolute atomic E-state index is 13.4. The summed E-state index contributed by atoms with van der Waals surface area (Å²) in [5, 5.41) is 0. The van der Waals surface area contributed by atoms with Crippen LogP contribution in [0.15, 0.2) is 18.3 Å². The zero-order valence-electron chi connectivity index (χ0n) is 11.9. The number of anilines is 1. The molecule has 0 spiro atoms. The highest BCUT2D eigenvalue weighted by molar-refractivity contribution is 5.75. The first kappa shape index (κ1) is 13.1. The van der Waals surface area contributed by atoms with Gasteiger partial charge in [-0.15, -0.1) is 0 Å². The van der Waals surface area contributed by atoms with Crippen LogP contribution in [-0.4, -0.2) is 26.5 Å². The van der Waals surface area contributed by atoms with Crippen molar-refractivity contribution in [2.45, 2.75) is 19.9 Å². The normalized spacial score (nSPS) is 14.4. The van der Waals surface area contributed by atoms with Gasteiger partial charge in [-0.25, -0.2) is 18.7 Å². The van der Waals surface area contributed by atoms with E-state index in [1.807, 2.05) is 11.8 Å². The highest BCUT2D eigenvalue weighted by Gasteiger charge is 2.21. The lowest BCUT2D eigenvalue weighted by molar-refractivity contribution is 0.510. The van der Waals surface area contributed by atoms with Crippen molar-refractivity contribution in [2.75, 3.05) is 11.4 Å². The summed E-state index contributed by atoms with van der Waals surface area (Å²) in [6.07, 6.45) is 2.41. The number of aromatic amines is 1. The SMILES string of the molecule is Cc1nc2c([nH]1)CN(c1cnc3cc(F)c(F)cc3n1)CC2. The number of benzene rings is 1. The van der Waals surface area contributed by atoms with Crippen LogP contribution in [0.4, 0.5) is 14.6 Å². The molecule has 112 valence electrons. The number of H-pyrrole nitrogens is 1. The number of hydrogen-bond donors (Lipinski definition) is 1. The highest BCUT2D eigenvalue weighted by atomic mass is 19.2. The van der Waals surface area contributed by atoms with Gasteiger partial charge in [-0.05, 0) is 6.92 Å². The molecule has 1 aromatic carbocycles. The summed E-state index contributed by atoms with van der Waals surface area (Å²) in [5.41, 5.74) is 2.84. The largest absolute Gasteiger partial charge is 0.349 e. The average molecular weight is 301 g/mol. The number of nitrogens with zero attached hydrogens (tertiary/aromatic N) is 4. The molecule has 1 aliphatic heterocycles. The number of aryl methyl sites for hydroxylation is 1. The van der Waals surface area contributed by atoms with Crippen molar-refractivity contribution < 1.29 is 8.78 Å². The fourth-order valence-corrected chi connectivity index (χ4v) is 2.78. The van der Waals surface area contributed by atoms with Gasteiger partial charge in [-0.3, -0.25) is 4.98 Å². The van der Waals surface area contributed by atoms with Crippen molar-refractivity contribution >= 4 is 16.9 Å². The van der Waals surface area contributed by atoms with E-state index in [9.17, 15) is 8.78 Å². The van der Waals surface area contributed by atoms with Gasteiger partial charge in [0.2, 0.25) is 0 Å². The summed E-state index contributed by atoms with van der Waals surface area (Å²) >= 11 is 0. The Hall–Kier alpha value is -2.57. The number of hydrogen-bond acceptors (Lipinski definition) is 4. The zero-order chi connectivity index (χ0) is 15.3. The van der Waals surface area contributed by atoms with Crippen LogP contribution in [0.25, 0.3) is 11.0 Å². The van der Waals surface area contributed by atoms with Crippen molar-refractivity contribution in [1.29, 1.82) is 0 Å². The third-order valence-electron chi connectivity index (χ3n) is 3.85. The lowest BCUT2D eigenvalue weighted by Crippen LogP contribution is -2.31. The van der Waals surface area contributed by atoms with Gasteiger partial charge in [0.1, 0.15) is 11.6 Å². The van der Waals surface area contributed by atoms with Crippen molar-refractivity contribution in [3.8, 4) is 0 Å². The number of imidazole rings is 1. The molecule has 0 bridgehead atoms. The third kappa shape index (κ3) is 2.09. The molecule has 0 radical (unpaired) electrons. The smallest absolute Gasteiger partial charge is 0.161 e. The van der Waals surface area contributed by atoms with E-state index in [1.165, 1.54) is 0 Å². The first-order valence-electron chi connectivity index (χ1n) is 7.01. The quantitative estimate of drug-likeness (QED) is 0.750. The van der Waals surface area contributed by atoms with E-state index in [4.69, 9.17) is 0 Å². The number of rotatable bonds is 1. The van der Waals surface area contributed by atoms with Crippen LogP contribution in [0.2, 0.25) is 0 Å². The second kappa shape index (κ2) is 4.72. The van der Waals surface area contributed by atoms with E-state index >= 15 is 0 Å². The second-order valence-corrected chi connectivity index (χ2v) is 5.40. The van der Waals surface area contributed by atoms with E-state index in [0.29, 0.717) is 23.4 Å². The molecule has 0 fully saturated rings. The van der Waals surface area contributed by atoms with Gasteiger partial charge in [-0.2, -0.15) is 0 Å². The summed E-state index contributed by atoms with van der Waals surface area (Å²) in [5.74, 6) is -0.278. The molecule has 22 heavy (non-hydrogen) atoms. The molecule has 1 aliphatic rings. The molecule has 0 saturated carbocycles. The minimum absolute atomic E-state index is 0.345. The zero-order valence-corrected chi connectivity index (χ0v) is 11.9. The van der Waals surface area contributed by atoms with Crippen LogP contribution in [-0.2, 0) is 13.0 Å². The molecule has 0 saturated heterocycles. The van der Waals surface area contributed by atoms with E-state index < -0.39 is 11.6 Å². The molecule has 5 nitrogen and oxygen atoms in total. The molecule has 1 N–H and O–H groups in total. The second-order valence-electron chi connectivity index (χ2n) is 5.40. The third-order valence-corrected chi connectivity index (χ3v) is 3.85. The molecular formula is C15H13F2N5. The Balaban J connectivity index is 1.71. The minimum Gasteiger partial charge on any atom is -0.349 e. The first-order valence-corrected chi connectivity index (χ1v) is 7.01. The van der Waals surface area contributed by atoms with E-state index in [0.717, 1.165) is 42.3 Å². The van der Waals surface area contributed by atoms with E-state index in [-0.39, 0.29) is 0 Å². The Labute approximate surface area is 125 Å². The van der Waals surface area contributed by atoms with Crippen molar-refractivity contribution in [1.82, 2.24) is 19.9 Å². The van der Waals surface area contributed by atoms with E-state index in [1.54, 1.807) is 6.20 Å². The van der Waals surface area contributed by atoms with Gasteiger partial charge in [0, 0.05) is 25.1 Å². The van der Waals surface area contributed by atoms with Gasteiger partial charge in [-0.1, -0.05) is 0 Å². The molecule has 3 aromatic rings. The van der Waals surface area contributed by atoms with E-state index in [2.05, 4.69) is 19.9 Å². The molecule has 0 amide bonds. The summed E-state index contributed by atoms with van der Waals surface area (Å²) in [4.78, 5) is 18.3. The van der Waals surface area contributed by atoms with Gasteiger partial charge >= 0.3 is 0 Å². The minimum atomic E-state index is -0.913. The number of halogens is 2. The molecule has 0 unspecified atom stereocenters. The van der Waals surface area contributed by atoms with Gasteiger partial charge in [0.05, 0.1) is 35.2 Å². The lowest BCUT2D eigenvalue weighted by Gasteiger charge is -2.27. The Morgan fingerprint density at radius 2 is 1.91 bits per heavy atom. The summed E-state index contributed by atoms with van der Waals surface area (Å²) < 4.78 is 26.6. The van der Waals surface area contributed by atoms with Crippen molar-refractivity contribution in [3.05, 3.63) is 47.2 Å². The Bertz CT molecular complexity index is 874. The highest BCUT2D eigenvalue weighted by Crippen LogP contribution is 2.23. The van der Waals surface area contributed by atoms with Crippen molar-refractivity contribution in [3.63, 3.8) is 0 Å². The Kier molecular flexibility index (Phi) is 2.82. The van der Waals surface area contributed by atoms with Crippen molar-refractivity contribution in [2.24, 2.45) is 0 Å². The van der Waals surface area contributed by atoms with Crippen LogP contribution < -0.4 is 4.90 Å². The standard InChI is InChI=1S/C15H13F2N5/c1-8-19-11-2-3-22(7-14(11)20-8)15-6-18-12-4-9(16)10(17)5-13(12)21-15/h4-6H,2-3,7H2,1H3,(H,19,20). The van der Waals surface area contributed by atoms with Gasteiger partial charge < -0.3 is 9.88 Å². The van der Waals surface area contributed by atoms with Crippen LogP contribution in [0.5, 0.6) is 0 Å². The van der Waals surface area contributed by atoms with Crippen LogP contribution >= 0.6 is 0 Å². The Morgan fingerprint density at radius 3 is 2.73 bits per heavy atom. The van der Waals surface area contributed by atoms with Crippen LogP contribution in [0, 0.1) is 18.6 Å². The topological polar surface area (TPSA) is 57.7 Å². The molecular weight excluding hydrogens is 288 g/mol. The van der Waals surface area contributed by atoms with Gasteiger partial charge in [0.15, 0.2) is 11.6 Å². The first-order chi connectivity index (χ1) is 10.6. The maximum atomic E-state index is 13.4. The predicted molar refractivity (Wildman–Crippen MR) is 77.5 cm³/mol. The monoisotopic (exact) mass is 301 g/mol. The lowest BCUT2D eigenvalue weighted by atomic mass is 10.1. The molecule has 3 heterocycles. The molecule has 4 rings (SSSR count). The summed E-state index contributed by atoms with van der Waals surface area (Å²) in [6.45, 7) is 3.34. The predicted octanol–water partition coefficient (Wildman–Crippen LogP) is 2.50. The number of nitrogens with one attached hydrogen (secondary N) is 1. The number of fused-ring (bicyclic) bond motifs is 2. The van der Waals surface area contributed by atoms with Crippen LogP contribution in [0.3, 0.4) is 0 Å². The molecule has 0 atom stereocenters. The summed E-state index contributed by atoms with van der Waals surface area (Å²) in [6, 6.07) is 2.14. The Morgan fingerprint density at radius 1 is 1.14 bits per heavy atom. The maximum Gasteiger partial charge on any atom is 0.161 e. The fourth-order valence-electron chi connectivity index (χ4n) is 2.78. The molecule has 7 heteroatoms. The molecule has 0 aliphatic carbocycles. The number of aromatic nitrogens is 4. The average Bonchev–Trinajstić information content (AvgIpc) is 2.87.